The Morgan fingerprint density at radius 3 is 2.74 bits per heavy atom. The SMILES string of the molecule is CCCCOc1ccc(C(=O)Nc2nc(CC(=O)OCC)cs2)cc1OC. The Morgan fingerprint density at radius 1 is 1.22 bits per heavy atom. The standard InChI is InChI=1S/C19H24N2O5S/c1-4-6-9-26-15-8-7-13(10-16(15)24-3)18(23)21-19-20-14(12-27-19)11-17(22)25-5-2/h7-8,10,12H,4-6,9,11H2,1-3H3,(H,20,21,23). The van der Waals surface area contributed by atoms with E-state index >= 15 is 0 Å². The molecule has 1 amide bonds. The zero-order valence-corrected chi connectivity index (χ0v) is 16.6. The molecule has 1 heterocycles. The third kappa shape index (κ3) is 6.25. The van der Waals surface area contributed by atoms with E-state index in [9.17, 15) is 9.59 Å². The molecule has 146 valence electrons. The zero-order chi connectivity index (χ0) is 19.6. The highest BCUT2D eigenvalue weighted by Gasteiger charge is 2.14. The molecule has 0 saturated heterocycles. The second kappa shape index (κ2) is 10.5. The van der Waals surface area contributed by atoms with Crippen molar-refractivity contribution >= 4 is 28.3 Å². The summed E-state index contributed by atoms with van der Waals surface area (Å²) in [7, 11) is 1.53. The number of benzene rings is 1. The predicted molar refractivity (Wildman–Crippen MR) is 104 cm³/mol. The summed E-state index contributed by atoms with van der Waals surface area (Å²) < 4.78 is 15.9. The van der Waals surface area contributed by atoms with Crippen LogP contribution in [0, 0.1) is 0 Å². The first-order chi connectivity index (χ1) is 13.1. The van der Waals surface area contributed by atoms with Crippen LogP contribution in [0.4, 0.5) is 5.13 Å². The number of hydrogen-bond acceptors (Lipinski definition) is 7. The van der Waals surface area contributed by atoms with Crippen LogP contribution in [0.2, 0.25) is 0 Å². The Balaban J connectivity index is 2.01. The molecular weight excluding hydrogens is 368 g/mol. The molecule has 0 radical (unpaired) electrons. The number of nitrogens with zero attached hydrogens (tertiary/aromatic N) is 1. The van der Waals surface area contributed by atoms with E-state index < -0.39 is 0 Å². The molecule has 27 heavy (non-hydrogen) atoms. The number of esters is 1. The lowest BCUT2D eigenvalue weighted by molar-refractivity contribution is -0.142. The highest BCUT2D eigenvalue weighted by Crippen LogP contribution is 2.29. The number of hydrogen-bond donors (Lipinski definition) is 1. The van der Waals surface area contributed by atoms with Gasteiger partial charge in [-0.15, -0.1) is 11.3 Å². The minimum atomic E-state index is -0.343. The van der Waals surface area contributed by atoms with Crippen molar-refractivity contribution in [2.24, 2.45) is 0 Å². The van der Waals surface area contributed by atoms with Crippen LogP contribution in [0.5, 0.6) is 11.5 Å². The van der Waals surface area contributed by atoms with E-state index in [2.05, 4.69) is 17.2 Å². The van der Waals surface area contributed by atoms with Crippen LogP contribution in [0.3, 0.4) is 0 Å². The number of ether oxygens (including phenoxy) is 3. The van der Waals surface area contributed by atoms with E-state index in [0.717, 1.165) is 12.8 Å². The molecule has 1 aromatic carbocycles. The molecule has 0 saturated carbocycles. The van der Waals surface area contributed by atoms with Crippen LogP contribution < -0.4 is 14.8 Å². The lowest BCUT2D eigenvalue weighted by atomic mass is 10.2. The van der Waals surface area contributed by atoms with Crippen molar-refractivity contribution in [2.45, 2.75) is 33.1 Å². The topological polar surface area (TPSA) is 86.8 Å². The van der Waals surface area contributed by atoms with Gasteiger partial charge in [-0.05, 0) is 31.5 Å². The summed E-state index contributed by atoms with van der Waals surface area (Å²) in [6.45, 7) is 4.76. The molecule has 0 aliphatic carbocycles. The molecule has 1 aromatic heterocycles. The number of nitrogens with one attached hydrogen (secondary N) is 1. The van der Waals surface area contributed by atoms with E-state index in [1.54, 1.807) is 30.5 Å². The van der Waals surface area contributed by atoms with Crippen LogP contribution >= 0.6 is 11.3 Å². The van der Waals surface area contributed by atoms with E-state index in [1.165, 1.54) is 18.4 Å². The number of thiazole rings is 1. The molecule has 1 N–H and O–H groups in total. The number of amides is 1. The fourth-order valence-corrected chi connectivity index (χ4v) is 2.93. The van der Waals surface area contributed by atoms with E-state index in [-0.39, 0.29) is 18.3 Å². The van der Waals surface area contributed by atoms with Gasteiger partial charge in [-0.2, -0.15) is 0 Å². The summed E-state index contributed by atoms with van der Waals surface area (Å²) in [4.78, 5) is 28.2. The molecule has 2 aromatic rings. The van der Waals surface area contributed by atoms with Crippen molar-refractivity contribution in [3.63, 3.8) is 0 Å². The molecule has 0 aliphatic rings. The molecule has 0 aliphatic heterocycles. The monoisotopic (exact) mass is 392 g/mol. The second-order valence-corrected chi connectivity index (χ2v) is 6.51. The van der Waals surface area contributed by atoms with E-state index in [1.807, 2.05) is 0 Å². The fourth-order valence-electron chi connectivity index (χ4n) is 2.23. The van der Waals surface area contributed by atoms with Gasteiger partial charge in [0.2, 0.25) is 0 Å². The average molecular weight is 392 g/mol. The van der Waals surface area contributed by atoms with Gasteiger partial charge in [0, 0.05) is 10.9 Å². The number of aromatic nitrogens is 1. The van der Waals surface area contributed by atoms with Crippen LogP contribution in [0.25, 0.3) is 0 Å². The highest BCUT2D eigenvalue weighted by atomic mass is 32.1. The minimum Gasteiger partial charge on any atom is -0.493 e. The molecule has 8 heteroatoms. The van der Waals surface area contributed by atoms with Crippen LogP contribution in [0.1, 0.15) is 42.7 Å². The highest BCUT2D eigenvalue weighted by molar-refractivity contribution is 7.14. The van der Waals surface area contributed by atoms with Gasteiger partial charge in [-0.25, -0.2) is 4.98 Å². The number of methoxy groups -OCH3 is 1. The molecule has 0 fully saturated rings. The third-order valence-electron chi connectivity index (χ3n) is 3.58. The largest absolute Gasteiger partial charge is 0.493 e. The van der Waals surface area contributed by atoms with Crippen molar-refractivity contribution in [1.82, 2.24) is 4.98 Å². The summed E-state index contributed by atoms with van der Waals surface area (Å²) in [5.41, 5.74) is 0.989. The van der Waals surface area contributed by atoms with Gasteiger partial charge < -0.3 is 14.2 Å². The maximum atomic E-state index is 12.5. The molecule has 0 atom stereocenters. The van der Waals surface area contributed by atoms with E-state index in [0.29, 0.717) is 41.1 Å². The summed E-state index contributed by atoms with van der Waals surface area (Å²) in [6, 6.07) is 5.02. The molecular formula is C19H24N2O5S. The number of unbranched alkanes of at least 4 members (excludes halogenated alkanes) is 1. The average Bonchev–Trinajstić information content (AvgIpc) is 3.08. The number of anilines is 1. The molecule has 0 spiro atoms. The zero-order valence-electron chi connectivity index (χ0n) is 15.7. The van der Waals surface area contributed by atoms with Crippen LogP contribution in [0.15, 0.2) is 23.6 Å². The summed E-state index contributed by atoms with van der Waals surface area (Å²) >= 11 is 1.25. The molecule has 0 unspecified atom stereocenters. The van der Waals surface area contributed by atoms with Gasteiger partial charge in [-0.1, -0.05) is 13.3 Å². The summed E-state index contributed by atoms with van der Waals surface area (Å²) in [6.07, 6.45) is 2.07. The van der Waals surface area contributed by atoms with Gasteiger partial charge in [0.25, 0.3) is 5.91 Å². The Labute approximate surface area is 162 Å². The van der Waals surface area contributed by atoms with Crippen molar-refractivity contribution in [1.29, 1.82) is 0 Å². The smallest absolute Gasteiger partial charge is 0.311 e. The number of carbonyl (C=O) groups excluding carboxylic acids is 2. The number of carbonyl (C=O) groups is 2. The molecule has 0 bridgehead atoms. The normalized spacial score (nSPS) is 10.3. The van der Waals surface area contributed by atoms with Crippen LogP contribution in [-0.2, 0) is 16.0 Å². The van der Waals surface area contributed by atoms with Gasteiger partial charge in [0.05, 0.1) is 32.4 Å². The van der Waals surface area contributed by atoms with Gasteiger partial charge in [-0.3, -0.25) is 14.9 Å². The fraction of sp³-hybridized carbons (Fsp3) is 0.421. The Morgan fingerprint density at radius 2 is 2.04 bits per heavy atom. The van der Waals surface area contributed by atoms with Gasteiger partial charge in [0.15, 0.2) is 16.6 Å². The van der Waals surface area contributed by atoms with Crippen LogP contribution in [-0.4, -0.2) is 37.2 Å². The maximum absolute atomic E-state index is 12.5. The van der Waals surface area contributed by atoms with Gasteiger partial charge in [0.1, 0.15) is 0 Å². The maximum Gasteiger partial charge on any atom is 0.311 e. The van der Waals surface area contributed by atoms with Crippen molar-refractivity contribution in [3.8, 4) is 11.5 Å². The molecule has 2 rings (SSSR count). The first kappa shape index (κ1) is 20.7. The summed E-state index contributed by atoms with van der Waals surface area (Å²) in [5.74, 6) is 0.448. The lowest BCUT2D eigenvalue weighted by Gasteiger charge is -2.11. The quantitative estimate of drug-likeness (QED) is 0.490. The minimum absolute atomic E-state index is 0.0812. The van der Waals surface area contributed by atoms with E-state index in [4.69, 9.17) is 14.2 Å². The molecule has 7 nitrogen and oxygen atoms in total. The number of rotatable bonds is 10. The predicted octanol–water partition coefficient (Wildman–Crippen LogP) is 3.69. The lowest BCUT2D eigenvalue weighted by Crippen LogP contribution is -2.12. The van der Waals surface area contributed by atoms with Crippen molar-refractivity contribution in [2.75, 3.05) is 25.6 Å². The Kier molecular flexibility index (Phi) is 8.06. The third-order valence-corrected chi connectivity index (χ3v) is 4.39. The summed E-state index contributed by atoms with van der Waals surface area (Å²) in [5, 5.41) is 4.87. The first-order valence-electron chi connectivity index (χ1n) is 8.79. The Hall–Kier alpha value is -2.61. The van der Waals surface area contributed by atoms with Crippen molar-refractivity contribution < 1.29 is 23.8 Å². The van der Waals surface area contributed by atoms with Gasteiger partial charge >= 0.3 is 5.97 Å². The van der Waals surface area contributed by atoms with Crippen molar-refractivity contribution in [3.05, 3.63) is 34.8 Å². The Bertz CT molecular complexity index is 775. The first-order valence-corrected chi connectivity index (χ1v) is 9.67. The second-order valence-electron chi connectivity index (χ2n) is 5.65.